The highest BCUT2D eigenvalue weighted by molar-refractivity contribution is 8.00. The highest BCUT2D eigenvalue weighted by Crippen LogP contribution is 2.26. The van der Waals surface area contributed by atoms with E-state index in [2.05, 4.69) is 60.2 Å². The molecule has 1 atom stereocenters. The summed E-state index contributed by atoms with van der Waals surface area (Å²) < 4.78 is 0. The van der Waals surface area contributed by atoms with E-state index >= 15 is 0 Å². The van der Waals surface area contributed by atoms with Gasteiger partial charge in [0, 0.05) is 50.2 Å². The number of hydrogen-bond donors (Lipinski definition) is 1. The van der Waals surface area contributed by atoms with Gasteiger partial charge in [0.1, 0.15) is 0 Å². The molecule has 0 radical (unpaired) electrons. The third-order valence-electron chi connectivity index (χ3n) is 5.27. The van der Waals surface area contributed by atoms with E-state index in [0.717, 1.165) is 45.7 Å². The molecule has 0 spiro atoms. The number of rotatable bonds is 4. The Morgan fingerprint density at radius 3 is 2.48 bits per heavy atom. The summed E-state index contributed by atoms with van der Waals surface area (Å²) in [5, 5.41) is 3.40. The molecule has 1 N–H and O–H groups in total. The van der Waals surface area contributed by atoms with E-state index in [1.165, 1.54) is 10.5 Å². The van der Waals surface area contributed by atoms with E-state index in [4.69, 9.17) is 0 Å². The van der Waals surface area contributed by atoms with Crippen molar-refractivity contribution in [3.8, 4) is 0 Å². The van der Waals surface area contributed by atoms with Crippen molar-refractivity contribution in [2.24, 2.45) is 0 Å². The van der Waals surface area contributed by atoms with Crippen molar-refractivity contribution in [2.45, 2.75) is 43.5 Å². The second-order valence-corrected chi connectivity index (χ2v) is 9.18. The molecule has 2 aliphatic heterocycles. The monoisotopic (exact) mass is 361 g/mol. The number of carbonyl (C=O) groups excluding carboxylic acids is 1. The summed E-state index contributed by atoms with van der Waals surface area (Å²) in [7, 11) is 0. The van der Waals surface area contributed by atoms with Gasteiger partial charge in [0.15, 0.2) is 0 Å². The zero-order valence-electron chi connectivity index (χ0n) is 15.8. The first-order valence-corrected chi connectivity index (χ1v) is 10.4. The van der Waals surface area contributed by atoms with Gasteiger partial charge in [0.05, 0.1) is 5.75 Å². The maximum absolute atomic E-state index is 12.5. The van der Waals surface area contributed by atoms with E-state index < -0.39 is 0 Å². The van der Waals surface area contributed by atoms with Gasteiger partial charge in [-0.05, 0) is 29.5 Å². The average Bonchev–Trinajstić information content (AvgIpc) is 3.10. The number of amides is 1. The molecule has 0 saturated carbocycles. The molecule has 3 rings (SSSR count). The summed E-state index contributed by atoms with van der Waals surface area (Å²) in [6, 6.07) is 9.21. The van der Waals surface area contributed by atoms with Crippen LogP contribution in [0.3, 0.4) is 0 Å². The standard InChI is InChI=1S/C20H31N3OS/c1-20(2,3)16-4-6-18(7-5-16)25-15-19(24)23-11-8-17(14-23)22-12-9-21-10-13-22/h4-7,17,21H,8-15H2,1-3H3. The van der Waals surface area contributed by atoms with Gasteiger partial charge in [-0.3, -0.25) is 9.69 Å². The lowest BCUT2D eigenvalue weighted by atomic mass is 9.87. The molecule has 25 heavy (non-hydrogen) atoms. The predicted molar refractivity (Wildman–Crippen MR) is 105 cm³/mol. The molecule has 2 fully saturated rings. The van der Waals surface area contributed by atoms with Crippen LogP contribution in [-0.4, -0.2) is 66.8 Å². The van der Waals surface area contributed by atoms with Gasteiger partial charge >= 0.3 is 0 Å². The van der Waals surface area contributed by atoms with E-state index in [9.17, 15) is 4.79 Å². The van der Waals surface area contributed by atoms with Crippen LogP contribution in [0.2, 0.25) is 0 Å². The van der Waals surface area contributed by atoms with E-state index in [0.29, 0.717) is 11.8 Å². The third kappa shape index (κ3) is 4.99. The molecule has 0 aromatic heterocycles. The number of benzene rings is 1. The summed E-state index contributed by atoms with van der Waals surface area (Å²) in [4.78, 5) is 18.3. The van der Waals surface area contributed by atoms with Crippen LogP contribution in [0.4, 0.5) is 0 Å². The van der Waals surface area contributed by atoms with Crippen LogP contribution in [0, 0.1) is 0 Å². The fourth-order valence-electron chi connectivity index (χ4n) is 3.60. The molecule has 2 aliphatic rings. The summed E-state index contributed by atoms with van der Waals surface area (Å²) >= 11 is 1.66. The third-order valence-corrected chi connectivity index (χ3v) is 6.26. The SMILES string of the molecule is CC(C)(C)c1ccc(SCC(=O)N2CCC(N3CCNCC3)C2)cc1. The van der Waals surface area contributed by atoms with Gasteiger partial charge in [-0.1, -0.05) is 32.9 Å². The Labute approximate surface area is 156 Å². The molecule has 5 heteroatoms. The van der Waals surface area contributed by atoms with Gasteiger partial charge in [-0.2, -0.15) is 0 Å². The Bertz CT molecular complexity index is 576. The normalized spacial score (nSPS) is 22.4. The lowest BCUT2D eigenvalue weighted by Gasteiger charge is -2.32. The zero-order chi connectivity index (χ0) is 17.9. The highest BCUT2D eigenvalue weighted by atomic mass is 32.2. The number of thioether (sulfide) groups is 1. The lowest BCUT2D eigenvalue weighted by Crippen LogP contribution is -2.49. The second kappa shape index (κ2) is 8.11. The van der Waals surface area contributed by atoms with Crippen molar-refractivity contribution in [3.05, 3.63) is 29.8 Å². The van der Waals surface area contributed by atoms with Crippen molar-refractivity contribution in [2.75, 3.05) is 45.0 Å². The van der Waals surface area contributed by atoms with Crippen LogP contribution in [0.1, 0.15) is 32.8 Å². The Kier molecular flexibility index (Phi) is 6.08. The molecule has 1 aromatic carbocycles. The van der Waals surface area contributed by atoms with Crippen molar-refractivity contribution < 1.29 is 4.79 Å². The minimum absolute atomic E-state index is 0.174. The summed E-state index contributed by atoms with van der Waals surface area (Å²) in [5.41, 5.74) is 1.51. The van der Waals surface area contributed by atoms with E-state index in [1.807, 2.05) is 0 Å². The molecule has 4 nitrogen and oxygen atoms in total. The van der Waals surface area contributed by atoms with E-state index in [1.54, 1.807) is 11.8 Å². The minimum Gasteiger partial charge on any atom is -0.340 e. The topological polar surface area (TPSA) is 35.6 Å². The van der Waals surface area contributed by atoms with Crippen LogP contribution in [0.5, 0.6) is 0 Å². The van der Waals surface area contributed by atoms with E-state index in [-0.39, 0.29) is 11.3 Å². The number of nitrogens with one attached hydrogen (secondary N) is 1. The lowest BCUT2D eigenvalue weighted by molar-refractivity contribution is -0.127. The summed E-state index contributed by atoms with van der Waals surface area (Å²) in [6.45, 7) is 12.9. The van der Waals surface area contributed by atoms with Crippen LogP contribution >= 0.6 is 11.8 Å². The quantitative estimate of drug-likeness (QED) is 0.836. The van der Waals surface area contributed by atoms with Gasteiger partial charge < -0.3 is 10.2 Å². The van der Waals surface area contributed by atoms with Crippen molar-refractivity contribution >= 4 is 17.7 Å². The first-order chi connectivity index (χ1) is 11.9. The van der Waals surface area contributed by atoms with Gasteiger partial charge in [0.2, 0.25) is 5.91 Å². The maximum atomic E-state index is 12.5. The Balaban J connectivity index is 1.46. The Morgan fingerprint density at radius 1 is 1.16 bits per heavy atom. The molecule has 2 heterocycles. The number of likely N-dealkylation sites (tertiary alicyclic amines) is 1. The fraction of sp³-hybridized carbons (Fsp3) is 0.650. The maximum Gasteiger partial charge on any atom is 0.232 e. The summed E-state index contributed by atoms with van der Waals surface area (Å²) in [6.07, 6.45) is 1.12. The Morgan fingerprint density at radius 2 is 1.84 bits per heavy atom. The van der Waals surface area contributed by atoms with Crippen LogP contribution in [0.15, 0.2) is 29.2 Å². The molecular formula is C20H31N3OS. The average molecular weight is 362 g/mol. The first kappa shape index (κ1) is 18.7. The van der Waals surface area contributed by atoms with Crippen LogP contribution < -0.4 is 5.32 Å². The predicted octanol–water partition coefficient (Wildman–Crippen LogP) is 2.58. The fourth-order valence-corrected chi connectivity index (χ4v) is 4.40. The second-order valence-electron chi connectivity index (χ2n) is 8.13. The number of hydrogen-bond acceptors (Lipinski definition) is 4. The molecule has 0 aliphatic carbocycles. The molecule has 0 bridgehead atoms. The van der Waals surface area contributed by atoms with Crippen molar-refractivity contribution in [1.82, 2.24) is 15.1 Å². The van der Waals surface area contributed by atoms with Gasteiger partial charge in [0.25, 0.3) is 0 Å². The molecule has 1 unspecified atom stereocenters. The molecule has 2 saturated heterocycles. The molecular weight excluding hydrogens is 330 g/mol. The largest absolute Gasteiger partial charge is 0.340 e. The van der Waals surface area contributed by atoms with Crippen molar-refractivity contribution in [1.29, 1.82) is 0 Å². The highest BCUT2D eigenvalue weighted by Gasteiger charge is 2.30. The Hall–Kier alpha value is -1.04. The molecule has 138 valence electrons. The van der Waals surface area contributed by atoms with Crippen LogP contribution in [0.25, 0.3) is 0 Å². The number of nitrogens with zero attached hydrogens (tertiary/aromatic N) is 2. The van der Waals surface area contributed by atoms with Gasteiger partial charge in [-0.15, -0.1) is 11.8 Å². The zero-order valence-corrected chi connectivity index (χ0v) is 16.6. The smallest absolute Gasteiger partial charge is 0.232 e. The summed E-state index contributed by atoms with van der Waals surface area (Å²) in [5.74, 6) is 0.825. The molecule has 1 amide bonds. The number of carbonyl (C=O) groups is 1. The van der Waals surface area contributed by atoms with Crippen molar-refractivity contribution in [3.63, 3.8) is 0 Å². The number of piperazine rings is 1. The molecule has 1 aromatic rings. The first-order valence-electron chi connectivity index (χ1n) is 9.39. The minimum atomic E-state index is 0.174. The van der Waals surface area contributed by atoms with Crippen LogP contribution in [-0.2, 0) is 10.2 Å². The van der Waals surface area contributed by atoms with Gasteiger partial charge in [-0.25, -0.2) is 0 Å².